The lowest BCUT2D eigenvalue weighted by Gasteiger charge is -2.29. The molecular formula is C23H30N4O3. The first-order chi connectivity index (χ1) is 14.2. The second kappa shape index (κ2) is 9.17. The average Bonchev–Trinajstić information content (AvgIpc) is 3.11. The molecule has 1 aromatic heterocycles. The molecule has 1 heterocycles. The fourth-order valence-electron chi connectivity index (χ4n) is 3.22. The number of nitrogens with zero attached hydrogens (tertiary/aromatic N) is 2. The van der Waals surface area contributed by atoms with E-state index in [1.54, 1.807) is 0 Å². The number of aliphatic hydroxyl groups is 1. The summed E-state index contributed by atoms with van der Waals surface area (Å²) in [6.07, 6.45) is -0.903. The maximum atomic E-state index is 12.4. The Bertz CT molecular complexity index is 932. The lowest BCUT2D eigenvalue weighted by molar-refractivity contribution is 0.0429. The number of likely N-dealkylation sites (N-methyl/N-ethyl adjacent to an activating group) is 1. The number of benzene rings is 2. The van der Waals surface area contributed by atoms with Crippen LogP contribution >= 0.6 is 0 Å². The first-order valence-corrected chi connectivity index (χ1v) is 10.1. The highest BCUT2D eigenvalue weighted by molar-refractivity contribution is 5.77. The molecule has 3 N–H and O–H groups in total. The number of hydrogen-bond acceptors (Lipinski definition) is 5. The molecule has 0 aliphatic heterocycles. The van der Waals surface area contributed by atoms with Crippen LogP contribution in [0.1, 0.15) is 26.3 Å². The van der Waals surface area contributed by atoms with Crippen molar-refractivity contribution in [2.45, 2.75) is 44.9 Å². The van der Waals surface area contributed by atoms with Gasteiger partial charge in [0, 0.05) is 13.6 Å². The third kappa shape index (κ3) is 5.97. The molecule has 7 nitrogen and oxygen atoms in total. The summed E-state index contributed by atoms with van der Waals surface area (Å²) in [6.45, 7) is 5.72. The van der Waals surface area contributed by atoms with Gasteiger partial charge in [-0.05, 0) is 44.9 Å². The summed E-state index contributed by atoms with van der Waals surface area (Å²) in [4.78, 5) is 22.0. The van der Waals surface area contributed by atoms with Gasteiger partial charge in [0.05, 0.1) is 23.2 Å². The highest BCUT2D eigenvalue weighted by Crippen LogP contribution is 2.17. The largest absolute Gasteiger partial charge is 0.444 e. The van der Waals surface area contributed by atoms with Crippen LogP contribution in [0.5, 0.6) is 0 Å². The standard InChI is InChI=1S/C23H30N4O3/c1-23(2,3)30-22(29)26-19(14-16-10-6-5-7-11-16)20(28)15-27(4)21-24-17-12-8-9-13-18(17)25-21/h5-13,19-20,28H,14-15H2,1-4H3,(H,24,25)(H,26,29). The maximum Gasteiger partial charge on any atom is 0.407 e. The molecule has 0 aliphatic carbocycles. The Morgan fingerprint density at radius 2 is 1.83 bits per heavy atom. The summed E-state index contributed by atoms with van der Waals surface area (Å²) in [5, 5.41) is 13.8. The van der Waals surface area contributed by atoms with Crippen molar-refractivity contribution in [3.05, 3.63) is 60.2 Å². The van der Waals surface area contributed by atoms with Crippen molar-refractivity contribution in [1.29, 1.82) is 0 Å². The Morgan fingerprint density at radius 3 is 2.50 bits per heavy atom. The second-order valence-corrected chi connectivity index (χ2v) is 8.47. The van der Waals surface area contributed by atoms with Crippen molar-refractivity contribution in [1.82, 2.24) is 15.3 Å². The van der Waals surface area contributed by atoms with Crippen LogP contribution < -0.4 is 10.2 Å². The Morgan fingerprint density at radius 1 is 1.17 bits per heavy atom. The van der Waals surface area contributed by atoms with Crippen molar-refractivity contribution in [3.8, 4) is 0 Å². The van der Waals surface area contributed by atoms with Crippen molar-refractivity contribution in [3.63, 3.8) is 0 Å². The summed E-state index contributed by atoms with van der Waals surface area (Å²) in [7, 11) is 1.86. The molecule has 30 heavy (non-hydrogen) atoms. The zero-order valence-electron chi connectivity index (χ0n) is 17.9. The minimum atomic E-state index is -0.837. The Labute approximate surface area is 177 Å². The molecule has 0 bridgehead atoms. The van der Waals surface area contributed by atoms with Crippen LogP contribution in [-0.2, 0) is 11.2 Å². The smallest absolute Gasteiger partial charge is 0.407 e. The zero-order valence-corrected chi connectivity index (χ0v) is 17.9. The number of aliphatic hydroxyl groups excluding tert-OH is 1. The normalized spacial score (nSPS) is 13.6. The molecule has 7 heteroatoms. The topological polar surface area (TPSA) is 90.5 Å². The number of hydrogen-bond donors (Lipinski definition) is 3. The number of fused-ring (bicyclic) bond motifs is 1. The molecule has 0 saturated carbocycles. The van der Waals surface area contributed by atoms with E-state index in [0.29, 0.717) is 12.4 Å². The monoisotopic (exact) mass is 410 g/mol. The van der Waals surface area contributed by atoms with Crippen molar-refractivity contribution >= 4 is 23.1 Å². The van der Waals surface area contributed by atoms with E-state index >= 15 is 0 Å². The van der Waals surface area contributed by atoms with Crippen molar-refractivity contribution in [2.24, 2.45) is 0 Å². The summed E-state index contributed by atoms with van der Waals surface area (Å²) in [5.74, 6) is 0.658. The fourth-order valence-corrected chi connectivity index (χ4v) is 3.22. The summed E-state index contributed by atoms with van der Waals surface area (Å²) in [5.41, 5.74) is 2.20. The number of alkyl carbamates (subject to hydrolysis) is 1. The lowest BCUT2D eigenvalue weighted by Crippen LogP contribution is -2.50. The molecule has 0 spiro atoms. The highest BCUT2D eigenvalue weighted by atomic mass is 16.6. The number of nitrogens with one attached hydrogen (secondary N) is 2. The summed E-state index contributed by atoms with van der Waals surface area (Å²) < 4.78 is 5.39. The lowest BCUT2D eigenvalue weighted by atomic mass is 10.0. The minimum absolute atomic E-state index is 0.285. The van der Waals surface area contributed by atoms with Gasteiger partial charge < -0.3 is 25.0 Å². The number of aromatic nitrogens is 2. The number of rotatable bonds is 7. The van der Waals surface area contributed by atoms with E-state index in [9.17, 15) is 9.90 Å². The Hall–Kier alpha value is -3.06. The molecule has 3 aromatic rings. The zero-order chi connectivity index (χ0) is 21.7. The van der Waals surface area contributed by atoms with Gasteiger partial charge in [-0.15, -0.1) is 0 Å². The molecule has 0 saturated heterocycles. The quantitative estimate of drug-likeness (QED) is 0.555. The van der Waals surface area contributed by atoms with Gasteiger partial charge in [-0.2, -0.15) is 0 Å². The number of ether oxygens (including phenoxy) is 1. The van der Waals surface area contributed by atoms with Crippen LogP contribution in [0.2, 0.25) is 0 Å². The van der Waals surface area contributed by atoms with Gasteiger partial charge in [-0.3, -0.25) is 0 Å². The van der Waals surface area contributed by atoms with Crippen LogP contribution in [0.25, 0.3) is 11.0 Å². The van der Waals surface area contributed by atoms with E-state index < -0.39 is 23.8 Å². The van der Waals surface area contributed by atoms with E-state index in [0.717, 1.165) is 16.6 Å². The number of H-pyrrole nitrogens is 1. The number of anilines is 1. The van der Waals surface area contributed by atoms with Gasteiger partial charge in [-0.25, -0.2) is 9.78 Å². The van der Waals surface area contributed by atoms with Crippen LogP contribution in [0.4, 0.5) is 10.7 Å². The average molecular weight is 411 g/mol. The van der Waals surface area contributed by atoms with Crippen LogP contribution in [-0.4, -0.2) is 52.5 Å². The van der Waals surface area contributed by atoms with E-state index in [1.807, 2.05) is 87.3 Å². The molecule has 2 aromatic carbocycles. The number of para-hydroxylation sites is 2. The van der Waals surface area contributed by atoms with Crippen LogP contribution in [0.15, 0.2) is 54.6 Å². The first kappa shape index (κ1) is 21.6. The molecule has 0 radical (unpaired) electrons. The summed E-state index contributed by atoms with van der Waals surface area (Å²) in [6, 6.07) is 17.0. The SMILES string of the molecule is CN(CC(O)C(Cc1ccccc1)NC(=O)OC(C)(C)C)c1nc2ccccc2[nH]1. The Balaban J connectivity index is 1.72. The molecule has 1 amide bonds. The molecule has 2 unspecified atom stereocenters. The number of amides is 1. The molecule has 0 aliphatic rings. The summed E-state index contributed by atoms with van der Waals surface area (Å²) >= 11 is 0. The molecular weight excluding hydrogens is 380 g/mol. The van der Waals surface area contributed by atoms with Gasteiger partial charge in [0.2, 0.25) is 5.95 Å². The minimum Gasteiger partial charge on any atom is -0.444 e. The Kier molecular flexibility index (Phi) is 6.62. The number of carbonyl (C=O) groups is 1. The highest BCUT2D eigenvalue weighted by Gasteiger charge is 2.26. The third-order valence-corrected chi connectivity index (χ3v) is 4.66. The van der Waals surface area contributed by atoms with Gasteiger partial charge in [0.15, 0.2) is 0 Å². The van der Waals surface area contributed by atoms with Crippen LogP contribution in [0, 0.1) is 0 Å². The molecule has 0 fully saturated rings. The van der Waals surface area contributed by atoms with Gasteiger partial charge in [0.25, 0.3) is 0 Å². The van der Waals surface area contributed by atoms with Crippen molar-refractivity contribution < 1.29 is 14.6 Å². The van der Waals surface area contributed by atoms with E-state index in [-0.39, 0.29) is 6.54 Å². The van der Waals surface area contributed by atoms with E-state index in [4.69, 9.17) is 4.74 Å². The number of imidazole rings is 1. The predicted octanol–water partition coefficient (Wildman–Crippen LogP) is 3.50. The van der Waals surface area contributed by atoms with Crippen molar-refractivity contribution in [2.75, 3.05) is 18.5 Å². The maximum absolute atomic E-state index is 12.4. The fraction of sp³-hybridized carbons (Fsp3) is 0.391. The van der Waals surface area contributed by atoms with Gasteiger partial charge in [-0.1, -0.05) is 42.5 Å². The van der Waals surface area contributed by atoms with Crippen LogP contribution in [0.3, 0.4) is 0 Å². The van der Waals surface area contributed by atoms with E-state index in [1.165, 1.54) is 0 Å². The second-order valence-electron chi connectivity index (χ2n) is 8.47. The third-order valence-electron chi connectivity index (χ3n) is 4.66. The van der Waals surface area contributed by atoms with E-state index in [2.05, 4.69) is 15.3 Å². The molecule has 3 rings (SSSR count). The molecule has 160 valence electrons. The molecule has 2 atom stereocenters. The first-order valence-electron chi connectivity index (χ1n) is 10.1. The van der Waals surface area contributed by atoms with Gasteiger partial charge >= 0.3 is 6.09 Å². The number of aromatic amines is 1. The van der Waals surface area contributed by atoms with Gasteiger partial charge in [0.1, 0.15) is 5.60 Å². The predicted molar refractivity (Wildman–Crippen MR) is 119 cm³/mol. The number of carbonyl (C=O) groups excluding carboxylic acids is 1.